The maximum Gasteiger partial charge on any atom is 0.212 e. The van der Waals surface area contributed by atoms with Gasteiger partial charge < -0.3 is 0 Å². The van der Waals surface area contributed by atoms with Gasteiger partial charge in [-0.25, -0.2) is 8.78 Å². The van der Waals surface area contributed by atoms with E-state index in [2.05, 4.69) is 25.5 Å². The molecule has 19 heavy (non-hydrogen) atoms. The summed E-state index contributed by atoms with van der Waals surface area (Å²) in [4.78, 5) is 12.4. The number of hydrogen-bond donors (Lipinski definition) is 0. The van der Waals surface area contributed by atoms with Gasteiger partial charge in [-0.15, -0.1) is 5.10 Å². The second-order valence-corrected chi connectivity index (χ2v) is 5.80. The van der Waals surface area contributed by atoms with Crippen molar-refractivity contribution < 1.29 is 13.6 Å². The third-order valence-electron chi connectivity index (χ3n) is 2.54. The van der Waals surface area contributed by atoms with Gasteiger partial charge in [0.2, 0.25) is 5.78 Å². The number of hydrogen-bond acceptors (Lipinski definition) is 4. The molecule has 0 spiro atoms. The van der Waals surface area contributed by atoms with Crippen LogP contribution in [-0.4, -0.2) is 15.4 Å². The molecule has 0 saturated carbocycles. The molecule has 0 unspecified atom stereocenters. The van der Waals surface area contributed by atoms with Gasteiger partial charge in [0.15, 0.2) is 5.82 Å². The molecule has 100 valence electrons. The molecule has 0 amide bonds. The molecular formula is C12H9BrF2N2OS. The van der Waals surface area contributed by atoms with E-state index in [1.807, 2.05) is 13.8 Å². The van der Waals surface area contributed by atoms with Crippen LogP contribution in [0.2, 0.25) is 0 Å². The first kappa shape index (κ1) is 14.2. The van der Waals surface area contributed by atoms with Crippen molar-refractivity contribution in [1.82, 2.24) is 9.59 Å². The molecule has 0 radical (unpaired) electrons. The number of carbonyl (C=O) groups is 1. The van der Waals surface area contributed by atoms with E-state index in [1.54, 1.807) is 0 Å². The number of rotatable bonds is 3. The zero-order valence-corrected chi connectivity index (χ0v) is 12.5. The maximum absolute atomic E-state index is 13.9. The SMILES string of the molecule is CC(C)c1nnsc1C(=O)c1c(F)ccc(Br)c1F. The fourth-order valence-electron chi connectivity index (χ4n) is 1.58. The highest BCUT2D eigenvalue weighted by molar-refractivity contribution is 9.10. The van der Waals surface area contributed by atoms with Gasteiger partial charge in [-0.3, -0.25) is 4.79 Å². The van der Waals surface area contributed by atoms with Crippen molar-refractivity contribution in [2.45, 2.75) is 19.8 Å². The Balaban J connectivity index is 2.57. The molecule has 1 aromatic heterocycles. The largest absolute Gasteiger partial charge is 0.287 e. The minimum Gasteiger partial charge on any atom is -0.287 e. The Kier molecular flexibility index (Phi) is 4.05. The van der Waals surface area contributed by atoms with Gasteiger partial charge in [0.25, 0.3) is 0 Å². The van der Waals surface area contributed by atoms with E-state index in [-0.39, 0.29) is 15.3 Å². The summed E-state index contributed by atoms with van der Waals surface area (Å²) in [6.07, 6.45) is 0. The summed E-state index contributed by atoms with van der Waals surface area (Å²) in [7, 11) is 0. The van der Waals surface area contributed by atoms with Crippen LogP contribution in [0.1, 0.15) is 40.7 Å². The molecule has 1 aromatic carbocycles. The molecule has 2 aromatic rings. The van der Waals surface area contributed by atoms with Gasteiger partial charge in [0.05, 0.1) is 15.7 Å². The van der Waals surface area contributed by atoms with E-state index in [0.717, 1.165) is 17.6 Å². The van der Waals surface area contributed by atoms with Crippen LogP contribution in [0.25, 0.3) is 0 Å². The van der Waals surface area contributed by atoms with Crippen molar-refractivity contribution in [2.24, 2.45) is 0 Å². The van der Waals surface area contributed by atoms with Gasteiger partial charge in [0, 0.05) is 0 Å². The Labute approximate surface area is 120 Å². The Morgan fingerprint density at radius 3 is 2.68 bits per heavy atom. The topological polar surface area (TPSA) is 42.9 Å². The lowest BCUT2D eigenvalue weighted by Crippen LogP contribution is -2.09. The first-order valence-electron chi connectivity index (χ1n) is 5.44. The number of halogens is 3. The molecule has 0 saturated heterocycles. The van der Waals surface area contributed by atoms with Gasteiger partial charge >= 0.3 is 0 Å². The summed E-state index contributed by atoms with van der Waals surface area (Å²) in [5, 5.41) is 3.84. The molecule has 3 nitrogen and oxygen atoms in total. The van der Waals surface area contributed by atoms with Crippen molar-refractivity contribution in [3.05, 3.63) is 44.4 Å². The predicted molar refractivity (Wildman–Crippen MR) is 71.5 cm³/mol. The van der Waals surface area contributed by atoms with E-state index in [4.69, 9.17) is 0 Å². The van der Waals surface area contributed by atoms with E-state index >= 15 is 0 Å². The Hall–Kier alpha value is -1.21. The molecule has 2 rings (SSSR count). The second kappa shape index (κ2) is 5.42. The number of carbonyl (C=O) groups excluding carboxylic acids is 1. The van der Waals surface area contributed by atoms with Gasteiger partial charge in [-0.05, 0) is 45.5 Å². The lowest BCUT2D eigenvalue weighted by atomic mass is 10.0. The smallest absolute Gasteiger partial charge is 0.212 e. The summed E-state index contributed by atoms with van der Waals surface area (Å²) >= 11 is 3.78. The Bertz CT molecular complexity index is 643. The molecule has 0 atom stereocenters. The third kappa shape index (κ3) is 2.57. The first-order chi connectivity index (χ1) is 8.93. The zero-order chi connectivity index (χ0) is 14.2. The summed E-state index contributed by atoms with van der Waals surface area (Å²) < 4.78 is 31.3. The van der Waals surface area contributed by atoms with Crippen molar-refractivity contribution in [1.29, 1.82) is 0 Å². The average molecular weight is 347 g/mol. The molecule has 0 aliphatic heterocycles. The Morgan fingerprint density at radius 1 is 1.37 bits per heavy atom. The number of nitrogens with zero attached hydrogens (tertiary/aromatic N) is 2. The van der Waals surface area contributed by atoms with E-state index in [9.17, 15) is 13.6 Å². The van der Waals surface area contributed by atoms with Crippen LogP contribution in [0.15, 0.2) is 16.6 Å². The minimum absolute atomic E-state index is 0.0424. The third-order valence-corrected chi connectivity index (χ3v) is 3.89. The molecule has 0 fully saturated rings. The van der Waals surface area contributed by atoms with Crippen molar-refractivity contribution in [3.63, 3.8) is 0 Å². The number of ketones is 1. The molecule has 0 aliphatic rings. The van der Waals surface area contributed by atoms with Crippen LogP contribution < -0.4 is 0 Å². The van der Waals surface area contributed by atoms with Crippen LogP contribution >= 0.6 is 27.5 Å². The highest BCUT2D eigenvalue weighted by Gasteiger charge is 2.26. The highest BCUT2D eigenvalue weighted by Crippen LogP contribution is 2.28. The first-order valence-corrected chi connectivity index (χ1v) is 7.00. The van der Waals surface area contributed by atoms with Crippen molar-refractivity contribution in [2.75, 3.05) is 0 Å². The minimum atomic E-state index is -0.909. The number of benzene rings is 1. The van der Waals surface area contributed by atoms with Crippen LogP contribution in [0.4, 0.5) is 8.78 Å². The van der Waals surface area contributed by atoms with Crippen LogP contribution in [0.3, 0.4) is 0 Å². The van der Waals surface area contributed by atoms with E-state index < -0.39 is 23.0 Å². The summed E-state index contributed by atoms with van der Waals surface area (Å²) in [5.74, 6) is -2.58. The lowest BCUT2D eigenvalue weighted by molar-refractivity contribution is 0.103. The maximum atomic E-state index is 13.9. The lowest BCUT2D eigenvalue weighted by Gasteiger charge is -2.06. The Morgan fingerprint density at radius 2 is 2.05 bits per heavy atom. The fraction of sp³-hybridized carbons (Fsp3) is 0.250. The second-order valence-electron chi connectivity index (χ2n) is 4.19. The van der Waals surface area contributed by atoms with Gasteiger partial charge in [-0.1, -0.05) is 18.3 Å². The zero-order valence-electron chi connectivity index (χ0n) is 10.1. The highest BCUT2D eigenvalue weighted by atomic mass is 79.9. The summed E-state index contributed by atoms with van der Waals surface area (Å²) in [6, 6.07) is 2.26. The molecular weight excluding hydrogens is 338 g/mol. The van der Waals surface area contributed by atoms with Crippen molar-refractivity contribution in [3.8, 4) is 0 Å². The summed E-state index contributed by atoms with van der Waals surface area (Å²) in [5.41, 5.74) is -0.129. The monoisotopic (exact) mass is 346 g/mol. The van der Waals surface area contributed by atoms with Crippen LogP contribution in [0.5, 0.6) is 0 Å². The standard InChI is InChI=1S/C12H9BrF2N2OS/c1-5(2)10-12(19-17-16-10)11(18)8-7(14)4-3-6(13)9(8)15/h3-5H,1-2H3. The van der Waals surface area contributed by atoms with Crippen molar-refractivity contribution >= 4 is 33.2 Å². The molecule has 0 aliphatic carbocycles. The number of aromatic nitrogens is 2. The molecule has 7 heteroatoms. The predicted octanol–water partition coefficient (Wildman–Crippen LogP) is 3.93. The van der Waals surface area contributed by atoms with E-state index in [0.29, 0.717) is 5.69 Å². The van der Waals surface area contributed by atoms with Gasteiger partial charge in [0.1, 0.15) is 10.7 Å². The van der Waals surface area contributed by atoms with Crippen LogP contribution in [-0.2, 0) is 0 Å². The van der Waals surface area contributed by atoms with E-state index in [1.165, 1.54) is 6.07 Å². The quantitative estimate of drug-likeness (QED) is 0.624. The van der Waals surface area contributed by atoms with Gasteiger partial charge in [-0.2, -0.15) is 0 Å². The average Bonchev–Trinajstić information content (AvgIpc) is 2.83. The fourth-order valence-corrected chi connectivity index (χ4v) is 2.68. The molecule has 1 heterocycles. The normalized spacial score (nSPS) is 11.1. The van der Waals surface area contributed by atoms with Crippen LogP contribution in [0, 0.1) is 11.6 Å². The molecule has 0 bridgehead atoms. The summed E-state index contributed by atoms with van der Waals surface area (Å²) in [6.45, 7) is 3.67. The molecule has 0 N–H and O–H groups in total.